The Kier molecular flexibility index (Phi) is 5.54. The zero-order valence-electron chi connectivity index (χ0n) is 14.8. The summed E-state index contributed by atoms with van der Waals surface area (Å²) in [4.78, 5) is 13.9. The molecule has 1 aliphatic heterocycles. The fourth-order valence-electron chi connectivity index (χ4n) is 3.30. The molecule has 8 heteroatoms. The predicted octanol–water partition coefficient (Wildman–Crippen LogP) is 5.13. The third kappa shape index (κ3) is 4.42. The highest BCUT2D eigenvalue weighted by Crippen LogP contribution is 2.36. The van der Waals surface area contributed by atoms with Crippen LogP contribution in [0, 0.1) is 17.1 Å². The van der Waals surface area contributed by atoms with Crippen molar-refractivity contribution >= 4 is 11.7 Å². The van der Waals surface area contributed by atoms with E-state index in [2.05, 4.69) is 5.32 Å². The lowest BCUT2D eigenvalue weighted by atomic mass is 9.87. The molecule has 1 aliphatic rings. The largest absolute Gasteiger partial charge is 0.417 e. The van der Waals surface area contributed by atoms with E-state index in [0.717, 1.165) is 6.07 Å². The van der Waals surface area contributed by atoms with E-state index < -0.39 is 23.1 Å². The van der Waals surface area contributed by atoms with Crippen molar-refractivity contribution in [1.29, 1.82) is 5.26 Å². The second-order valence-electron chi connectivity index (χ2n) is 6.61. The van der Waals surface area contributed by atoms with Crippen molar-refractivity contribution in [2.24, 2.45) is 0 Å². The van der Waals surface area contributed by atoms with Gasteiger partial charge in [0.1, 0.15) is 5.82 Å². The standard InChI is InChI=1S/C20H17F4N3O/c21-16-3-5-17(6-4-16)26-19(28)27-9-7-13(8-10-27)14-1-2-15(12-25)18(11-14)20(22,23)24/h1-6,11,13H,7-10H2,(H,26,28). The molecule has 4 nitrogen and oxygen atoms in total. The summed E-state index contributed by atoms with van der Waals surface area (Å²) in [5, 5.41) is 11.6. The van der Waals surface area contributed by atoms with Gasteiger partial charge in [-0.3, -0.25) is 0 Å². The molecule has 0 spiro atoms. The molecular formula is C20H17F4N3O. The molecule has 146 valence electrons. The number of nitrogens with one attached hydrogen (secondary N) is 1. The van der Waals surface area contributed by atoms with Gasteiger partial charge in [0.25, 0.3) is 0 Å². The normalized spacial score (nSPS) is 15.2. The van der Waals surface area contributed by atoms with Crippen LogP contribution in [0.1, 0.15) is 35.4 Å². The summed E-state index contributed by atoms with van der Waals surface area (Å²) in [6, 6.07) is 10.4. The van der Waals surface area contributed by atoms with Crippen LogP contribution in [0.3, 0.4) is 0 Å². The third-order valence-corrected chi connectivity index (χ3v) is 4.82. The third-order valence-electron chi connectivity index (χ3n) is 4.82. The van der Waals surface area contributed by atoms with E-state index in [-0.39, 0.29) is 11.9 Å². The minimum absolute atomic E-state index is 0.122. The first-order valence-electron chi connectivity index (χ1n) is 8.70. The summed E-state index contributed by atoms with van der Waals surface area (Å²) < 4.78 is 52.4. The Balaban J connectivity index is 1.64. The van der Waals surface area contributed by atoms with Crippen LogP contribution in [0.4, 0.5) is 28.0 Å². The van der Waals surface area contributed by atoms with Gasteiger partial charge < -0.3 is 10.2 Å². The maximum absolute atomic E-state index is 13.1. The summed E-state index contributed by atoms with van der Waals surface area (Å²) in [6.45, 7) is 0.776. The van der Waals surface area contributed by atoms with E-state index >= 15 is 0 Å². The summed E-state index contributed by atoms with van der Waals surface area (Å²) >= 11 is 0. The van der Waals surface area contributed by atoms with Crippen molar-refractivity contribution in [3.63, 3.8) is 0 Å². The molecule has 2 aromatic carbocycles. The molecule has 1 heterocycles. The number of hydrogen-bond donors (Lipinski definition) is 1. The Bertz CT molecular complexity index is 895. The van der Waals surface area contributed by atoms with E-state index in [9.17, 15) is 22.4 Å². The monoisotopic (exact) mass is 391 g/mol. The van der Waals surface area contributed by atoms with Gasteiger partial charge in [-0.2, -0.15) is 18.4 Å². The van der Waals surface area contributed by atoms with E-state index in [4.69, 9.17) is 5.26 Å². The Hall–Kier alpha value is -3.08. The minimum Gasteiger partial charge on any atom is -0.324 e. The molecule has 0 aromatic heterocycles. The van der Waals surface area contributed by atoms with Gasteiger partial charge in [0.15, 0.2) is 0 Å². The molecule has 0 aliphatic carbocycles. The van der Waals surface area contributed by atoms with Crippen molar-refractivity contribution in [2.75, 3.05) is 18.4 Å². The Morgan fingerprint density at radius 3 is 2.32 bits per heavy atom. The number of nitriles is 1. The number of halogens is 4. The van der Waals surface area contributed by atoms with Gasteiger partial charge in [0, 0.05) is 18.8 Å². The summed E-state index contributed by atoms with van der Waals surface area (Å²) in [7, 11) is 0. The first-order chi connectivity index (χ1) is 13.3. The number of benzene rings is 2. The number of likely N-dealkylation sites (tertiary alicyclic amines) is 1. The van der Waals surface area contributed by atoms with Gasteiger partial charge in [-0.25, -0.2) is 9.18 Å². The highest BCUT2D eigenvalue weighted by molar-refractivity contribution is 5.89. The average Bonchev–Trinajstić information content (AvgIpc) is 2.68. The van der Waals surface area contributed by atoms with Crippen molar-refractivity contribution in [3.8, 4) is 6.07 Å². The van der Waals surface area contributed by atoms with Gasteiger partial charge in [-0.15, -0.1) is 0 Å². The molecule has 3 rings (SSSR count). The zero-order chi connectivity index (χ0) is 20.3. The Morgan fingerprint density at radius 2 is 1.75 bits per heavy atom. The number of rotatable bonds is 2. The average molecular weight is 391 g/mol. The lowest BCUT2D eigenvalue weighted by molar-refractivity contribution is -0.137. The number of hydrogen-bond acceptors (Lipinski definition) is 2. The van der Waals surface area contributed by atoms with Crippen LogP contribution < -0.4 is 5.32 Å². The Labute approximate surface area is 159 Å². The van der Waals surface area contributed by atoms with E-state index in [1.165, 1.54) is 30.3 Å². The first kappa shape index (κ1) is 19.7. The lowest BCUT2D eigenvalue weighted by Gasteiger charge is -2.32. The first-order valence-corrected chi connectivity index (χ1v) is 8.70. The fraction of sp³-hybridized carbons (Fsp3) is 0.300. The number of amides is 2. The van der Waals surface area contributed by atoms with Gasteiger partial charge in [0.2, 0.25) is 0 Å². The zero-order valence-corrected chi connectivity index (χ0v) is 14.8. The van der Waals surface area contributed by atoms with Gasteiger partial charge >= 0.3 is 12.2 Å². The Morgan fingerprint density at radius 1 is 1.11 bits per heavy atom. The van der Waals surface area contributed by atoms with Crippen molar-refractivity contribution in [1.82, 2.24) is 4.90 Å². The molecule has 28 heavy (non-hydrogen) atoms. The fourth-order valence-corrected chi connectivity index (χ4v) is 3.30. The maximum atomic E-state index is 13.1. The second-order valence-corrected chi connectivity index (χ2v) is 6.61. The van der Waals surface area contributed by atoms with E-state index in [0.29, 0.717) is 37.2 Å². The van der Waals surface area contributed by atoms with Crippen LogP contribution in [-0.4, -0.2) is 24.0 Å². The number of carbonyl (C=O) groups excluding carboxylic acids is 1. The van der Waals surface area contributed by atoms with Crippen molar-refractivity contribution < 1.29 is 22.4 Å². The molecule has 1 saturated heterocycles. The molecule has 1 N–H and O–H groups in total. The van der Waals surface area contributed by atoms with Crippen molar-refractivity contribution in [3.05, 3.63) is 65.0 Å². The number of anilines is 1. The lowest BCUT2D eigenvalue weighted by Crippen LogP contribution is -2.40. The van der Waals surface area contributed by atoms with Crippen LogP contribution in [0.5, 0.6) is 0 Å². The molecule has 1 fully saturated rings. The highest BCUT2D eigenvalue weighted by atomic mass is 19.4. The van der Waals surface area contributed by atoms with Gasteiger partial charge in [-0.05, 0) is 60.7 Å². The van der Waals surface area contributed by atoms with Gasteiger partial charge in [0.05, 0.1) is 17.2 Å². The topological polar surface area (TPSA) is 56.1 Å². The summed E-state index contributed by atoms with van der Waals surface area (Å²) in [6.07, 6.45) is -3.56. The molecule has 0 saturated carbocycles. The summed E-state index contributed by atoms with van der Waals surface area (Å²) in [5.41, 5.74) is -0.336. The van der Waals surface area contributed by atoms with E-state index in [1.807, 2.05) is 0 Å². The molecule has 0 atom stereocenters. The minimum atomic E-state index is -4.59. The number of alkyl halides is 3. The number of carbonyl (C=O) groups is 1. The molecule has 0 radical (unpaired) electrons. The quantitative estimate of drug-likeness (QED) is 0.722. The molecule has 0 unspecified atom stereocenters. The molecular weight excluding hydrogens is 374 g/mol. The van der Waals surface area contributed by atoms with Crippen LogP contribution >= 0.6 is 0 Å². The van der Waals surface area contributed by atoms with Crippen LogP contribution in [0.15, 0.2) is 42.5 Å². The molecule has 2 amide bonds. The van der Waals surface area contributed by atoms with E-state index in [1.54, 1.807) is 17.0 Å². The predicted molar refractivity (Wildman–Crippen MR) is 95.1 cm³/mol. The highest BCUT2D eigenvalue weighted by Gasteiger charge is 2.35. The summed E-state index contributed by atoms with van der Waals surface area (Å²) in [5.74, 6) is -0.525. The number of nitrogens with zero attached hydrogens (tertiary/aromatic N) is 2. The SMILES string of the molecule is N#Cc1ccc(C2CCN(C(=O)Nc3ccc(F)cc3)CC2)cc1C(F)(F)F. The van der Waals surface area contributed by atoms with Gasteiger partial charge in [-0.1, -0.05) is 6.07 Å². The second kappa shape index (κ2) is 7.89. The smallest absolute Gasteiger partial charge is 0.324 e. The number of piperidine rings is 1. The van der Waals surface area contributed by atoms with Crippen LogP contribution in [0.25, 0.3) is 0 Å². The maximum Gasteiger partial charge on any atom is 0.417 e. The van der Waals surface area contributed by atoms with Crippen LogP contribution in [0.2, 0.25) is 0 Å². The molecule has 0 bridgehead atoms. The van der Waals surface area contributed by atoms with Crippen LogP contribution in [-0.2, 0) is 6.18 Å². The molecule has 2 aromatic rings. The van der Waals surface area contributed by atoms with Crippen molar-refractivity contribution in [2.45, 2.75) is 24.9 Å². The number of urea groups is 1.